The zero-order valence-electron chi connectivity index (χ0n) is 24.8. The van der Waals surface area contributed by atoms with Crippen molar-refractivity contribution in [2.75, 3.05) is 13.2 Å². The van der Waals surface area contributed by atoms with Crippen LogP contribution in [0.1, 0.15) is 115 Å². The zero-order chi connectivity index (χ0) is 28.3. The molecule has 2 aromatic carbocycles. The Balaban J connectivity index is 1.38. The van der Waals surface area contributed by atoms with E-state index in [2.05, 4.69) is 23.8 Å². The number of benzene rings is 2. The van der Waals surface area contributed by atoms with Gasteiger partial charge >= 0.3 is 0 Å². The molecule has 0 aliphatic rings. The molecule has 0 amide bonds. The first kappa shape index (κ1) is 31.6. The van der Waals surface area contributed by atoms with Crippen LogP contribution in [-0.2, 0) is 6.42 Å². The van der Waals surface area contributed by atoms with E-state index >= 15 is 0 Å². The van der Waals surface area contributed by atoms with Crippen LogP contribution < -0.4 is 9.47 Å². The first-order chi connectivity index (χ1) is 19.7. The van der Waals surface area contributed by atoms with Crippen LogP contribution >= 0.6 is 0 Å². The van der Waals surface area contributed by atoms with E-state index in [4.69, 9.17) is 9.47 Å². The summed E-state index contributed by atoms with van der Waals surface area (Å²) >= 11 is 0. The highest BCUT2D eigenvalue weighted by Gasteiger charge is 2.10. The van der Waals surface area contributed by atoms with Gasteiger partial charge in [0.1, 0.15) is 11.5 Å². The number of hydrogen-bond donors (Lipinski definition) is 0. The molecule has 0 bridgehead atoms. The summed E-state index contributed by atoms with van der Waals surface area (Å²) in [5.74, 6) is 1.15. The lowest BCUT2D eigenvalue weighted by Gasteiger charge is -2.09. The standard InChI is InChI=1S/C35H49FN2O2/c1-3-5-7-9-11-12-14-16-25-39-31-21-17-29(18-22-31)27-33-35(36)38-34(28-37-33)30-19-23-32(24-20-30)40-26-15-13-10-8-6-4-2/h17-24,28H,3-16,25-27H2,1-2H3. The second kappa shape index (κ2) is 19.2. The first-order valence-electron chi connectivity index (χ1n) is 15.7. The summed E-state index contributed by atoms with van der Waals surface area (Å²) in [6.45, 7) is 5.95. The van der Waals surface area contributed by atoms with E-state index in [0.29, 0.717) is 17.8 Å². The Morgan fingerprint density at radius 3 is 1.57 bits per heavy atom. The van der Waals surface area contributed by atoms with Crippen LogP contribution in [0.2, 0.25) is 0 Å². The highest BCUT2D eigenvalue weighted by Crippen LogP contribution is 2.23. The van der Waals surface area contributed by atoms with Gasteiger partial charge in [0.2, 0.25) is 5.95 Å². The lowest BCUT2D eigenvalue weighted by Crippen LogP contribution is -2.02. The fourth-order valence-electron chi connectivity index (χ4n) is 4.77. The van der Waals surface area contributed by atoms with Crippen LogP contribution in [0.25, 0.3) is 11.3 Å². The van der Waals surface area contributed by atoms with Gasteiger partial charge in [0.15, 0.2) is 0 Å². The molecule has 0 unspecified atom stereocenters. The van der Waals surface area contributed by atoms with Crippen molar-refractivity contribution >= 4 is 0 Å². The van der Waals surface area contributed by atoms with E-state index in [-0.39, 0.29) is 0 Å². The average Bonchev–Trinajstić information content (AvgIpc) is 2.98. The van der Waals surface area contributed by atoms with Gasteiger partial charge in [0.05, 0.1) is 30.8 Å². The average molecular weight is 549 g/mol. The molecule has 5 heteroatoms. The molecule has 3 rings (SSSR count). The van der Waals surface area contributed by atoms with Crippen molar-refractivity contribution < 1.29 is 13.9 Å². The molecule has 1 aromatic heterocycles. The normalized spacial score (nSPS) is 11.1. The van der Waals surface area contributed by atoms with Gasteiger partial charge in [0, 0.05) is 12.0 Å². The maximum Gasteiger partial charge on any atom is 0.235 e. The molecule has 0 aliphatic carbocycles. The molecule has 0 atom stereocenters. The number of ether oxygens (including phenoxy) is 2. The van der Waals surface area contributed by atoms with E-state index in [1.54, 1.807) is 6.20 Å². The van der Waals surface area contributed by atoms with Crippen LogP contribution in [-0.4, -0.2) is 23.2 Å². The molecule has 0 fully saturated rings. The molecule has 0 N–H and O–H groups in total. The fraction of sp³-hybridized carbons (Fsp3) is 0.543. The third-order valence-corrected chi connectivity index (χ3v) is 7.28. The van der Waals surface area contributed by atoms with Gasteiger partial charge < -0.3 is 9.47 Å². The summed E-state index contributed by atoms with van der Waals surface area (Å²) < 4.78 is 26.6. The van der Waals surface area contributed by atoms with Crippen LogP contribution in [0.4, 0.5) is 4.39 Å². The third-order valence-electron chi connectivity index (χ3n) is 7.28. The molecule has 3 aromatic rings. The summed E-state index contributed by atoms with van der Waals surface area (Å²) in [4.78, 5) is 8.58. The second-order valence-corrected chi connectivity index (χ2v) is 10.8. The highest BCUT2D eigenvalue weighted by atomic mass is 19.1. The largest absolute Gasteiger partial charge is 0.494 e. The van der Waals surface area contributed by atoms with E-state index in [1.165, 1.54) is 77.0 Å². The Labute approximate surface area is 241 Å². The molecule has 0 radical (unpaired) electrons. The van der Waals surface area contributed by atoms with Gasteiger partial charge in [-0.25, -0.2) is 4.98 Å². The second-order valence-electron chi connectivity index (χ2n) is 10.8. The monoisotopic (exact) mass is 548 g/mol. The number of unbranched alkanes of at least 4 members (excludes halogenated alkanes) is 12. The Hall–Kier alpha value is -2.95. The van der Waals surface area contributed by atoms with Gasteiger partial charge in [-0.05, 0) is 54.8 Å². The Morgan fingerprint density at radius 2 is 1.07 bits per heavy atom. The van der Waals surface area contributed by atoms with Crippen LogP contribution in [0.3, 0.4) is 0 Å². The van der Waals surface area contributed by atoms with E-state index < -0.39 is 5.95 Å². The van der Waals surface area contributed by atoms with Crippen LogP contribution in [0.15, 0.2) is 54.7 Å². The smallest absolute Gasteiger partial charge is 0.235 e. The molecule has 0 spiro atoms. The van der Waals surface area contributed by atoms with Crippen molar-refractivity contribution in [3.05, 3.63) is 71.9 Å². The predicted molar refractivity (Wildman–Crippen MR) is 164 cm³/mol. The van der Waals surface area contributed by atoms with E-state index in [9.17, 15) is 4.39 Å². The van der Waals surface area contributed by atoms with Gasteiger partial charge in [-0.2, -0.15) is 4.39 Å². The minimum Gasteiger partial charge on any atom is -0.494 e. The van der Waals surface area contributed by atoms with Gasteiger partial charge in [-0.1, -0.05) is 103 Å². The summed E-state index contributed by atoms with van der Waals surface area (Å²) in [7, 11) is 0. The van der Waals surface area contributed by atoms with Crippen molar-refractivity contribution in [1.82, 2.24) is 9.97 Å². The van der Waals surface area contributed by atoms with Gasteiger partial charge in [0.25, 0.3) is 0 Å². The molecule has 218 valence electrons. The lowest BCUT2D eigenvalue weighted by molar-refractivity contribution is 0.304. The zero-order valence-corrected chi connectivity index (χ0v) is 24.8. The summed E-state index contributed by atoms with van der Waals surface area (Å²) in [5.41, 5.74) is 2.67. The number of halogens is 1. The van der Waals surface area contributed by atoms with Gasteiger partial charge in [-0.15, -0.1) is 0 Å². The fourth-order valence-corrected chi connectivity index (χ4v) is 4.77. The molecule has 1 heterocycles. The quantitative estimate of drug-likeness (QED) is 0.124. The minimum atomic E-state index is -0.532. The molecule has 0 aliphatic heterocycles. The van der Waals surface area contributed by atoms with Crippen molar-refractivity contribution in [3.63, 3.8) is 0 Å². The number of hydrogen-bond acceptors (Lipinski definition) is 4. The molecule has 0 saturated carbocycles. The maximum atomic E-state index is 14.8. The summed E-state index contributed by atoms with van der Waals surface area (Å²) in [6, 6.07) is 15.5. The summed E-state index contributed by atoms with van der Waals surface area (Å²) in [5, 5.41) is 0. The SMILES string of the molecule is CCCCCCCCCCOc1ccc(Cc2ncc(-c3ccc(OCCCCCCCC)cc3)nc2F)cc1. The Morgan fingerprint density at radius 1 is 0.600 bits per heavy atom. The number of aromatic nitrogens is 2. The maximum absolute atomic E-state index is 14.8. The predicted octanol–water partition coefficient (Wildman–Crippen LogP) is 10.1. The van der Waals surface area contributed by atoms with Crippen molar-refractivity contribution in [2.24, 2.45) is 0 Å². The van der Waals surface area contributed by atoms with E-state index in [0.717, 1.165) is 48.7 Å². The van der Waals surface area contributed by atoms with Crippen molar-refractivity contribution in [2.45, 2.75) is 110 Å². The molecule has 40 heavy (non-hydrogen) atoms. The minimum absolute atomic E-state index is 0.343. The summed E-state index contributed by atoms with van der Waals surface area (Å²) in [6.07, 6.45) is 19.8. The van der Waals surface area contributed by atoms with Crippen LogP contribution in [0.5, 0.6) is 11.5 Å². The molecular weight excluding hydrogens is 499 g/mol. The van der Waals surface area contributed by atoms with Crippen molar-refractivity contribution in [3.8, 4) is 22.8 Å². The van der Waals surface area contributed by atoms with E-state index in [1.807, 2.05) is 48.5 Å². The molecule has 0 saturated heterocycles. The van der Waals surface area contributed by atoms with Crippen LogP contribution in [0, 0.1) is 5.95 Å². The number of nitrogens with zero attached hydrogens (tertiary/aromatic N) is 2. The Kier molecular flexibility index (Phi) is 15.1. The lowest BCUT2D eigenvalue weighted by atomic mass is 10.1. The number of rotatable bonds is 21. The topological polar surface area (TPSA) is 44.2 Å². The highest BCUT2D eigenvalue weighted by molar-refractivity contribution is 5.59. The molecular formula is C35H49FN2O2. The van der Waals surface area contributed by atoms with Gasteiger partial charge in [-0.3, -0.25) is 4.98 Å². The van der Waals surface area contributed by atoms with Crippen molar-refractivity contribution in [1.29, 1.82) is 0 Å². The Bertz CT molecular complexity index is 1070. The first-order valence-corrected chi connectivity index (χ1v) is 15.7. The third kappa shape index (κ3) is 12.1. The molecule has 4 nitrogen and oxygen atoms in total.